The molecule has 2 N–H and O–H groups in total. The predicted octanol–water partition coefficient (Wildman–Crippen LogP) is 1.69. The van der Waals surface area contributed by atoms with Crippen LogP contribution in [0.3, 0.4) is 0 Å². The molecule has 5 heteroatoms. The van der Waals surface area contributed by atoms with Gasteiger partial charge in [-0.25, -0.2) is 0 Å². The van der Waals surface area contributed by atoms with Crippen LogP contribution in [0.2, 0.25) is 0 Å². The Bertz CT molecular complexity index is 317. The van der Waals surface area contributed by atoms with Gasteiger partial charge in [0.25, 0.3) is 0 Å². The van der Waals surface area contributed by atoms with Gasteiger partial charge >= 0.3 is 0 Å². The minimum absolute atomic E-state index is 0.0518. The Morgan fingerprint density at radius 2 is 2.12 bits per heavy atom. The van der Waals surface area contributed by atoms with Gasteiger partial charge in [-0.05, 0) is 18.4 Å². The van der Waals surface area contributed by atoms with Crippen LogP contribution in [0.4, 0.5) is 0 Å². The van der Waals surface area contributed by atoms with E-state index in [9.17, 15) is 0 Å². The molecule has 1 aromatic rings. The largest absolute Gasteiger partial charge is 0.373 e. The van der Waals surface area contributed by atoms with Gasteiger partial charge in [-0.2, -0.15) is 4.98 Å². The van der Waals surface area contributed by atoms with Crippen molar-refractivity contribution in [3.63, 3.8) is 0 Å². The molecular formula is C11H21N3O2. The highest BCUT2D eigenvalue weighted by atomic mass is 16.5. The van der Waals surface area contributed by atoms with Crippen molar-refractivity contribution in [3.8, 4) is 0 Å². The summed E-state index contributed by atoms with van der Waals surface area (Å²) in [5, 5.41) is 3.95. The van der Waals surface area contributed by atoms with Gasteiger partial charge in [0.15, 0.2) is 0 Å². The van der Waals surface area contributed by atoms with Gasteiger partial charge in [-0.1, -0.05) is 25.9 Å². The first kappa shape index (κ1) is 13.1. The first-order valence-electron chi connectivity index (χ1n) is 5.54. The fraction of sp³-hybridized carbons (Fsp3) is 0.818. The van der Waals surface area contributed by atoms with Crippen LogP contribution >= 0.6 is 0 Å². The van der Waals surface area contributed by atoms with Gasteiger partial charge in [-0.3, -0.25) is 0 Å². The fourth-order valence-electron chi connectivity index (χ4n) is 1.58. The molecule has 0 saturated heterocycles. The van der Waals surface area contributed by atoms with E-state index in [4.69, 9.17) is 15.0 Å². The molecule has 1 rings (SSSR count). The molecule has 16 heavy (non-hydrogen) atoms. The third-order valence-corrected chi connectivity index (χ3v) is 2.34. The van der Waals surface area contributed by atoms with Gasteiger partial charge in [0.2, 0.25) is 11.7 Å². The molecule has 0 saturated carbocycles. The zero-order valence-electron chi connectivity index (χ0n) is 10.5. The SMILES string of the molecule is COC(c1noc(CCCN)n1)C(C)(C)C. The molecule has 0 aromatic carbocycles. The lowest BCUT2D eigenvalue weighted by atomic mass is 9.88. The number of nitrogens with two attached hydrogens (primary N) is 1. The van der Waals surface area contributed by atoms with E-state index in [0.717, 1.165) is 12.8 Å². The number of hydrogen-bond acceptors (Lipinski definition) is 5. The Kier molecular flexibility index (Phi) is 4.44. The normalized spacial score (nSPS) is 14.1. The molecule has 0 aliphatic rings. The van der Waals surface area contributed by atoms with E-state index in [2.05, 4.69) is 30.9 Å². The standard InChI is InChI=1S/C11H21N3O2/c1-11(2,3)9(15-4)10-13-8(16-14-10)6-5-7-12/h9H,5-7,12H2,1-4H3. The molecule has 1 heterocycles. The van der Waals surface area contributed by atoms with Crippen molar-refractivity contribution in [1.29, 1.82) is 0 Å². The van der Waals surface area contributed by atoms with Crippen LogP contribution in [0, 0.1) is 5.41 Å². The highest BCUT2D eigenvalue weighted by molar-refractivity contribution is 4.96. The van der Waals surface area contributed by atoms with Gasteiger partial charge in [0.1, 0.15) is 6.10 Å². The number of aryl methyl sites for hydroxylation is 1. The average Bonchev–Trinajstić information content (AvgIpc) is 2.62. The quantitative estimate of drug-likeness (QED) is 0.828. The summed E-state index contributed by atoms with van der Waals surface area (Å²) in [4.78, 5) is 4.33. The Morgan fingerprint density at radius 1 is 1.44 bits per heavy atom. The third kappa shape index (κ3) is 3.28. The summed E-state index contributed by atoms with van der Waals surface area (Å²) in [5.74, 6) is 1.24. The van der Waals surface area contributed by atoms with Crippen LogP contribution in [-0.2, 0) is 11.2 Å². The van der Waals surface area contributed by atoms with Crippen LogP contribution in [0.5, 0.6) is 0 Å². The van der Waals surface area contributed by atoms with E-state index >= 15 is 0 Å². The number of hydrogen-bond donors (Lipinski definition) is 1. The lowest BCUT2D eigenvalue weighted by molar-refractivity contribution is 0.00718. The van der Waals surface area contributed by atoms with E-state index < -0.39 is 0 Å². The van der Waals surface area contributed by atoms with Crippen LogP contribution in [0.25, 0.3) is 0 Å². The van der Waals surface area contributed by atoms with Gasteiger partial charge in [-0.15, -0.1) is 0 Å². The molecule has 0 bridgehead atoms. The maximum Gasteiger partial charge on any atom is 0.226 e. The number of rotatable bonds is 5. The van der Waals surface area contributed by atoms with Crippen LogP contribution in [0.15, 0.2) is 4.52 Å². The minimum atomic E-state index is -0.150. The molecule has 1 unspecified atom stereocenters. The Morgan fingerprint density at radius 3 is 2.62 bits per heavy atom. The zero-order valence-corrected chi connectivity index (χ0v) is 10.5. The molecule has 1 atom stereocenters. The molecule has 0 aliphatic heterocycles. The first-order valence-corrected chi connectivity index (χ1v) is 5.54. The predicted molar refractivity (Wildman–Crippen MR) is 60.9 cm³/mol. The average molecular weight is 227 g/mol. The molecular weight excluding hydrogens is 206 g/mol. The van der Waals surface area contributed by atoms with E-state index in [1.165, 1.54) is 0 Å². The molecule has 0 aliphatic carbocycles. The molecule has 1 aromatic heterocycles. The summed E-state index contributed by atoms with van der Waals surface area (Å²) in [7, 11) is 1.66. The summed E-state index contributed by atoms with van der Waals surface area (Å²) in [5.41, 5.74) is 5.37. The minimum Gasteiger partial charge on any atom is -0.373 e. The van der Waals surface area contributed by atoms with Crippen molar-refractivity contribution in [1.82, 2.24) is 10.1 Å². The first-order chi connectivity index (χ1) is 7.49. The number of methoxy groups -OCH3 is 1. The van der Waals surface area contributed by atoms with E-state index in [1.54, 1.807) is 7.11 Å². The van der Waals surface area contributed by atoms with Crippen molar-refractivity contribution < 1.29 is 9.26 Å². The molecule has 5 nitrogen and oxygen atoms in total. The van der Waals surface area contributed by atoms with Crippen LogP contribution in [0.1, 0.15) is 45.0 Å². The summed E-state index contributed by atoms with van der Waals surface area (Å²) in [6, 6.07) is 0. The van der Waals surface area contributed by atoms with Gasteiger partial charge < -0.3 is 15.0 Å². The van der Waals surface area contributed by atoms with Gasteiger partial charge in [0.05, 0.1) is 0 Å². The maximum atomic E-state index is 5.42. The second-order valence-electron chi connectivity index (χ2n) is 4.92. The Hall–Kier alpha value is -0.940. The second-order valence-corrected chi connectivity index (χ2v) is 4.92. The summed E-state index contributed by atoms with van der Waals surface area (Å²) < 4.78 is 10.6. The van der Waals surface area contributed by atoms with Crippen LogP contribution < -0.4 is 5.73 Å². The summed E-state index contributed by atoms with van der Waals surface area (Å²) >= 11 is 0. The lowest BCUT2D eigenvalue weighted by Crippen LogP contribution is -2.21. The zero-order chi connectivity index (χ0) is 12.2. The summed E-state index contributed by atoms with van der Waals surface area (Å²) in [6.45, 7) is 6.87. The molecule has 92 valence electrons. The monoisotopic (exact) mass is 227 g/mol. The van der Waals surface area contributed by atoms with Crippen molar-refractivity contribution in [2.45, 2.75) is 39.7 Å². The lowest BCUT2D eigenvalue weighted by Gasteiger charge is -2.26. The summed E-state index contributed by atoms with van der Waals surface area (Å²) in [6.07, 6.45) is 1.43. The van der Waals surface area contributed by atoms with E-state index in [-0.39, 0.29) is 11.5 Å². The highest BCUT2D eigenvalue weighted by Crippen LogP contribution is 2.33. The van der Waals surface area contributed by atoms with Crippen molar-refractivity contribution in [2.75, 3.05) is 13.7 Å². The fourth-order valence-corrected chi connectivity index (χ4v) is 1.58. The highest BCUT2D eigenvalue weighted by Gasteiger charge is 2.30. The van der Waals surface area contributed by atoms with E-state index in [0.29, 0.717) is 18.3 Å². The topological polar surface area (TPSA) is 74.2 Å². The van der Waals surface area contributed by atoms with Gasteiger partial charge in [0, 0.05) is 13.5 Å². The maximum absolute atomic E-state index is 5.42. The molecule has 0 amide bonds. The van der Waals surface area contributed by atoms with Crippen molar-refractivity contribution in [3.05, 3.63) is 11.7 Å². The Labute approximate surface area is 96.4 Å². The van der Waals surface area contributed by atoms with E-state index in [1.807, 2.05) is 0 Å². The molecule has 0 radical (unpaired) electrons. The van der Waals surface area contributed by atoms with Crippen molar-refractivity contribution >= 4 is 0 Å². The van der Waals surface area contributed by atoms with Crippen LogP contribution in [-0.4, -0.2) is 23.8 Å². The smallest absolute Gasteiger partial charge is 0.226 e. The molecule has 0 fully saturated rings. The number of aromatic nitrogens is 2. The third-order valence-electron chi connectivity index (χ3n) is 2.34. The molecule has 0 spiro atoms. The number of nitrogens with zero attached hydrogens (tertiary/aromatic N) is 2. The second kappa shape index (κ2) is 5.41. The van der Waals surface area contributed by atoms with Crippen molar-refractivity contribution in [2.24, 2.45) is 11.1 Å². The number of ether oxygens (including phenoxy) is 1. The Balaban J connectivity index is 2.75.